The third-order valence-electron chi connectivity index (χ3n) is 3.72. The number of rotatable bonds is 4. The first-order chi connectivity index (χ1) is 10.1. The number of carbonyl (C=O) groups excluding carboxylic acids is 1. The van der Waals surface area contributed by atoms with E-state index in [2.05, 4.69) is 23.2 Å². The molecule has 1 aromatic rings. The van der Waals surface area contributed by atoms with Crippen LogP contribution in [-0.4, -0.2) is 42.6 Å². The highest BCUT2D eigenvalue weighted by Crippen LogP contribution is 2.16. The van der Waals surface area contributed by atoms with E-state index in [-0.39, 0.29) is 18.1 Å². The molecule has 5 heteroatoms. The van der Waals surface area contributed by atoms with E-state index in [4.69, 9.17) is 10.00 Å². The van der Waals surface area contributed by atoms with Gasteiger partial charge in [-0.05, 0) is 25.5 Å². The van der Waals surface area contributed by atoms with E-state index < -0.39 is 0 Å². The minimum Gasteiger partial charge on any atom is -0.376 e. The van der Waals surface area contributed by atoms with Gasteiger partial charge in [-0.3, -0.25) is 9.69 Å². The predicted molar refractivity (Wildman–Crippen MR) is 80.9 cm³/mol. The monoisotopic (exact) mass is 287 g/mol. The van der Waals surface area contributed by atoms with Crippen molar-refractivity contribution in [3.8, 4) is 6.07 Å². The van der Waals surface area contributed by atoms with Gasteiger partial charge in [-0.1, -0.05) is 19.1 Å². The molecule has 0 spiro atoms. The Morgan fingerprint density at radius 2 is 2.29 bits per heavy atom. The van der Waals surface area contributed by atoms with Crippen molar-refractivity contribution in [3.05, 3.63) is 29.8 Å². The Morgan fingerprint density at radius 1 is 1.52 bits per heavy atom. The van der Waals surface area contributed by atoms with E-state index in [0.717, 1.165) is 13.0 Å². The van der Waals surface area contributed by atoms with E-state index >= 15 is 0 Å². The third kappa shape index (κ3) is 4.03. The molecular weight excluding hydrogens is 266 g/mol. The van der Waals surface area contributed by atoms with Crippen molar-refractivity contribution in [2.24, 2.45) is 0 Å². The molecule has 0 saturated carbocycles. The molecule has 112 valence electrons. The first kappa shape index (κ1) is 15.5. The standard InChI is InChI=1S/C16H21N3O2/c1-3-14-11-21-12(2)9-19(14)10-16(20)18-15-7-5-4-6-13(15)8-17/h4-7,12,14H,3,9-11H2,1-2H3,(H,18,20). The lowest BCUT2D eigenvalue weighted by molar-refractivity contribution is -0.121. The molecule has 21 heavy (non-hydrogen) atoms. The van der Waals surface area contributed by atoms with Gasteiger partial charge in [-0.15, -0.1) is 0 Å². The second-order valence-electron chi connectivity index (χ2n) is 5.34. The number of hydrogen-bond acceptors (Lipinski definition) is 4. The SMILES string of the molecule is CCC1COC(C)CN1CC(=O)Nc1ccccc1C#N. The van der Waals surface area contributed by atoms with Crippen molar-refractivity contribution < 1.29 is 9.53 Å². The van der Waals surface area contributed by atoms with Crippen LogP contribution in [0.15, 0.2) is 24.3 Å². The molecule has 1 fully saturated rings. The van der Waals surface area contributed by atoms with Crippen LogP contribution >= 0.6 is 0 Å². The van der Waals surface area contributed by atoms with E-state index in [0.29, 0.717) is 24.4 Å². The summed E-state index contributed by atoms with van der Waals surface area (Å²) in [7, 11) is 0. The molecule has 2 unspecified atom stereocenters. The molecule has 2 atom stereocenters. The molecule has 1 aliphatic rings. The van der Waals surface area contributed by atoms with E-state index in [1.807, 2.05) is 13.0 Å². The quantitative estimate of drug-likeness (QED) is 0.920. The summed E-state index contributed by atoms with van der Waals surface area (Å²) in [6, 6.07) is 9.39. The first-order valence-corrected chi connectivity index (χ1v) is 7.28. The maximum absolute atomic E-state index is 12.2. The van der Waals surface area contributed by atoms with Crippen LogP contribution in [0.3, 0.4) is 0 Å². The number of ether oxygens (including phenoxy) is 1. The van der Waals surface area contributed by atoms with Crippen LogP contribution in [0, 0.1) is 11.3 Å². The highest BCUT2D eigenvalue weighted by molar-refractivity contribution is 5.93. The largest absolute Gasteiger partial charge is 0.376 e. The summed E-state index contributed by atoms with van der Waals surface area (Å²) in [4.78, 5) is 14.4. The highest BCUT2D eigenvalue weighted by Gasteiger charge is 2.27. The van der Waals surface area contributed by atoms with Gasteiger partial charge in [0.2, 0.25) is 5.91 Å². The van der Waals surface area contributed by atoms with Crippen LogP contribution in [0.5, 0.6) is 0 Å². The number of para-hydroxylation sites is 1. The zero-order valence-corrected chi connectivity index (χ0v) is 12.5. The molecule has 1 aliphatic heterocycles. The van der Waals surface area contributed by atoms with E-state index in [1.54, 1.807) is 18.2 Å². The smallest absolute Gasteiger partial charge is 0.238 e. The van der Waals surface area contributed by atoms with Crippen LogP contribution in [0.25, 0.3) is 0 Å². The number of carbonyl (C=O) groups is 1. The molecule has 2 rings (SSSR count). The van der Waals surface area contributed by atoms with Gasteiger partial charge in [0.1, 0.15) is 6.07 Å². The van der Waals surface area contributed by atoms with Gasteiger partial charge in [0.05, 0.1) is 30.5 Å². The fourth-order valence-electron chi connectivity index (χ4n) is 2.55. The number of nitrogens with zero attached hydrogens (tertiary/aromatic N) is 2. The maximum Gasteiger partial charge on any atom is 0.238 e. The molecule has 1 amide bonds. The molecule has 0 radical (unpaired) electrons. The topological polar surface area (TPSA) is 65.4 Å². The molecule has 0 bridgehead atoms. The lowest BCUT2D eigenvalue weighted by Crippen LogP contribution is -2.51. The number of benzene rings is 1. The van der Waals surface area contributed by atoms with Crippen LogP contribution in [0.2, 0.25) is 0 Å². The number of hydrogen-bond donors (Lipinski definition) is 1. The molecule has 1 saturated heterocycles. The van der Waals surface area contributed by atoms with Gasteiger partial charge in [-0.25, -0.2) is 0 Å². The lowest BCUT2D eigenvalue weighted by Gasteiger charge is -2.37. The maximum atomic E-state index is 12.2. The average Bonchev–Trinajstić information content (AvgIpc) is 2.48. The van der Waals surface area contributed by atoms with Gasteiger partial charge < -0.3 is 10.1 Å². The van der Waals surface area contributed by atoms with Gasteiger partial charge in [0.15, 0.2) is 0 Å². The highest BCUT2D eigenvalue weighted by atomic mass is 16.5. The third-order valence-corrected chi connectivity index (χ3v) is 3.72. The Kier molecular flexibility index (Phi) is 5.32. The van der Waals surface area contributed by atoms with Crippen LogP contribution < -0.4 is 5.32 Å². The summed E-state index contributed by atoms with van der Waals surface area (Å²) < 4.78 is 5.63. The van der Waals surface area contributed by atoms with Crippen LogP contribution in [0.4, 0.5) is 5.69 Å². The minimum absolute atomic E-state index is 0.0924. The molecule has 5 nitrogen and oxygen atoms in total. The fraction of sp³-hybridized carbons (Fsp3) is 0.500. The fourth-order valence-corrected chi connectivity index (χ4v) is 2.55. The Balaban J connectivity index is 1.99. The van der Waals surface area contributed by atoms with Crippen LogP contribution in [-0.2, 0) is 9.53 Å². The summed E-state index contributed by atoms with van der Waals surface area (Å²) in [5.41, 5.74) is 1.05. The number of nitrogens with one attached hydrogen (secondary N) is 1. The van der Waals surface area contributed by atoms with Crippen molar-refractivity contribution in [2.75, 3.05) is 25.0 Å². The van der Waals surface area contributed by atoms with E-state index in [1.165, 1.54) is 0 Å². The Hall–Kier alpha value is -1.90. The predicted octanol–water partition coefficient (Wildman–Crippen LogP) is 2.00. The summed E-state index contributed by atoms with van der Waals surface area (Å²) in [6.45, 7) is 5.86. The van der Waals surface area contributed by atoms with Gasteiger partial charge >= 0.3 is 0 Å². The molecule has 1 aromatic carbocycles. The Bertz CT molecular complexity index is 539. The van der Waals surface area contributed by atoms with Gasteiger partial charge in [0.25, 0.3) is 0 Å². The number of anilines is 1. The second kappa shape index (κ2) is 7.21. The number of nitriles is 1. The van der Waals surface area contributed by atoms with Crippen molar-refractivity contribution >= 4 is 11.6 Å². The Labute approximate surface area is 125 Å². The van der Waals surface area contributed by atoms with E-state index in [9.17, 15) is 4.79 Å². The normalized spacial score (nSPS) is 22.5. The van der Waals surface area contributed by atoms with Crippen molar-refractivity contribution in [1.82, 2.24) is 4.90 Å². The molecule has 0 aliphatic carbocycles. The second-order valence-corrected chi connectivity index (χ2v) is 5.34. The minimum atomic E-state index is -0.0924. The van der Waals surface area contributed by atoms with Gasteiger partial charge in [0, 0.05) is 12.6 Å². The summed E-state index contributed by atoms with van der Waals surface area (Å²) in [5.74, 6) is -0.0924. The average molecular weight is 287 g/mol. The first-order valence-electron chi connectivity index (χ1n) is 7.28. The zero-order valence-electron chi connectivity index (χ0n) is 12.5. The summed E-state index contributed by atoms with van der Waals surface area (Å²) in [6.07, 6.45) is 1.10. The number of morpholine rings is 1. The lowest BCUT2D eigenvalue weighted by atomic mass is 10.1. The summed E-state index contributed by atoms with van der Waals surface area (Å²) in [5, 5.41) is 11.9. The van der Waals surface area contributed by atoms with Crippen molar-refractivity contribution in [3.63, 3.8) is 0 Å². The molecule has 1 heterocycles. The Morgan fingerprint density at radius 3 is 3.00 bits per heavy atom. The number of amides is 1. The van der Waals surface area contributed by atoms with Gasteiger partial charge in [-0.2, -0.15) is 5.26 Å². The molecule has 1 N–H and O–H groups in total. The van der Waals surface area contributed by atoms with Crippen LogP contribution in [0.1, 0.15) is 25.8 Å². The van der Waals surface area contributed by atoms with Crippen molar-refractivity contribution in [1.29, 1.82) is 5.26 Å². The molecular formula is C16H21N3O2. The zero-order chi connectivity index (χ0) is 15.2. The summed E-state index contributed by atoms with van der Waals surface area (Å²) >= 11 is 0. The molecule has 0 aromatic heterocycles. The van der Waals surface area contributed by atoms with Crippen molar-refractivity contribution in [2.45, 2.75) is 32.4 Å².